The Morgan fingerprint density at radius 2 is 1.92 bits per heavy atom. The molecule has 1 heterocycles. The van der Waals surface area contributed by atoms with Gasteiger partial charge in [-0.15, -0.1) is 0 Å². The number of aromatic nitrogens is 1. The summed E-state index contributed by atoms with van der Waals surface area (Å²) in [5.74, 6) is 0.893. The number of nitrogens with two attached hydrogens (primary N) is 1. The van der Waals surface area contributed by atoms with E-state index >= 15 is 0 Å². The van der Waals surface area contributed by atoms with Crippen LogP contribution < -0.4 is 15.2 Å². The molecule has 0 aliphatic heterocycles. The molecule has 0 aliphatic carbocycles. The highest BCUT2D eigenvalue weighted by atomic mass is 35.5. The first-order valence-corrected chi connectivity index (χ1v) is 7.69. The van der Waals surface area contributed by atoms with Crippen LogP contribution in [0.3, 0.4) is 0 Å². The van der Waals surface area contributed by atoms with E-state index in [1.807, 2.05) is 0 Å². The largest absolute Gasteiger partial charge is 0.496 e. The average molecular weight is 359 g/mol. The molecular weight excluding hydrogens is 344 g/mol. The van der Waals surface area contributed by atoms with Crippen LogP contribution in [0.1, 0.15) is 10.4 Å². The van der Waals surface area contributed by atoms with Crippen molar-refractivity contribution in [2.75, 3.05) is 20.0 Å². The van der Waals surface area contributed by atoms with Gasteiger partial charge in [-0.05, 0) is 24.3 Å². The van der Waals surface area contributed by atoms with Gasteiger partial charge in [0.1, 0.15) is 22.8 Å². The first kappa shape index (κ1) is 16.9. The fraction of sp³-hybridized carbons (Fsp3) is 0.111. The minimum Gasteiger partial charge on any atom is -0.496 e. The summed E-state index contributed by atoms with van der Waals surface area (Å²) in [6, 6.07) is 9.96. The molecule has 1 aromatic heterocycles. The van der Waals surface area contributed by atoms with Crippen molar-refractivity contribution >= 4 is 34.2 Å². The molecule has 0 radical (unpaired) electrons. The number of rotatable bonds is 4. The van der Waals surface area contributed by atoms with Crippen molar-refractivity contribution in [3.8, 4) is 17.2 Å². The van der Waals surface area contributed by atoms with Crippen LogP contribution in [-0.4, -0.2) is 25.2 Å². The maximum atomic E-state index is 12.0. The Balaban J connectivity index is 2.11. The van der Waals surface area contributed by atoms with E-state index in [1.54, 1.807) is 42.6 Å². The Bertz CT molecular complexity index is 959. The zero-order chi connectivity index (χ0) is 18.0. The van der Waals surface area contributed by atoms with Crippen molar-refractivity contribution in [3.05, 3.63) is 53.2 Å². The molecule has 0 fully saturated rings. The summed E-state index contributed by atoms with van der Waals surface area (Å²) in [5, 5.41) is 1.03. The predicted octanol–water partition coefficient (Wildman–Crippen LogP) is 4.06. The molecule has 0 atom stereocenters. The van der Waals surface area contributed by atoms with Gasteiger partial charge in [-0.3, -0.25) is 4.98 Å². The number of halogens is 1. The molecule has 0 saturated heterocycles. The van der Waals surface area contributed by atoms with Crippen molar-refractivity contribution < 1.29 is 19.0 Å². The fourth-order valence-corrected chi connectivity index (χ4v) is 2.54. The van der Waals surface area contributed by atoms with Gasteiger partial charge in [0, 0.05) is 23.7 Å². The van der Waals surface area contributed by atoms with Gasteiger partial charge in [0.05, 0.1) is 30.4 Å². The van der Waals surface area contributed by atoms with Crippen LogP contribution in [0.2, 0.25) is 5.02 Å². The standard InChI is InChI=1S/C18H15ClN2O4/c1-23-17-9-15-11(8-12(17)18(22)24-2)16(5-6-21-15)25-10-3-4-14(20)13(19)7-10/h3-9H,20H2,1-2H3. The van der Waals surface area contributed by atoms with Crippen LogP contribution in [0, 0.1) is 0 Å². The Kier molecular flexibility index (Phi) is 4.63. The van der Waals surface area contributed by atoms with Gasteiger partial charge in [-0.1, -0.05) is 11.6 Å². The molecule has 25 heavy (non-hydrogen) atoms. The Morgan fingerprint density at radius 1 is 1.12 bits per heavy atom. The summed E-state index contributed by atoms with van der Waals surface area (Å²) in [6.45, 7) is 0. The van der Waals surface area contributed by atoms with E-state index in [-0.39, 0.29) is 5.56 Å². The van der Waals surface area contributed by atoms with Gasteiger partial charge in [0.15, 0.2) is 0 Å². The van der Waals surface area contributed by atoms with E-state index in [9.17, 15) is 4.79 Å². The molecule has 0 bridgehead atoms. The number of esters is 1. The Labute approximate surface area is 149 Å². The average Bonchev–Trinajstić information content (AvgIpc) is 2.63. The number of methoxy groups -OCH3 is 2. The normalized spacial score (nSPS) is 10.5. The molecule has 3 rings (SSSR count). The zero-order valence-electron chi connectivity index (χ0n) is 13.6. The SMILES string of the molecule is COC(=O)c1cc2c(Oc3ccc(N)c(Cl)c3)ccnc2cc1OC. The summed E-state index contributed by atoms with van der Waals surface area (Å²) in [7, 11) is 2.79. The maximum Gasteiger partial charge on any atom is 0.341 e. The van der Waals surface area contributed by atoms with Crippen LogP contribution in [0.4, 0.5) is 5.69 Å². The number of anilines is 1. The third-order valence-electron chi connectivity index (χ3n) is 3.63. The summed E-state index contributed by atoms with van der Waals surface area (Å²) >= 11 is 6.03. The molecule has 0 aliphatic rings. The van der Waals surface area contributed by atoms with Crippen LogP contribution in [0.15, 0.2) is 42.6 Å². The van der Waals surface area contributed by atoms with Crippen molar-refractivity contribution in [2.45, 2.75) is 0 Å². The molecule has 128 valence electrons. The second-order valence-corrected chi connectivity index (χ2v) is 5.56. The van der Waals surface area contributed by atoms with E-state index in [2.05, 4.69) is 4.98 Å². The third kappa shape index (κ3) is 3.29. The monoisotopic (exact) mass is 358 g/mol. The number of carbonyl (C=O) groups is 1. The molecule has 0 unspecified atom stereocenters. The van der Waals surface area contributed by atoms with Gasteiger partial charge in [0.2, 0.25) is 0 Å². The number of ether oxygens (including phenoxy) is 3. The minimum absolute atomic E-state index is 0.283. The number of nitrogens with zero attached hydrogens (tertiary/aromatic N) is 1. The quantitative estimate of drug-likeness (QED) is 0.559. The molecule has 0 spiro atoms. The van der Waals surface area contributed by atoms with Crippen molar-refractivity contribution in [3.63, 3.8) is 0 Å². The topological polar surface area (TPSA) is 83.7 Å². The van der Waals surface area contributed by atoms with Crippen molar-refractivity contribution in [2.24, 2.45) is 0 Å². The molecule has 0 saturated carbocycles. The molecule has 3 aromatic rings. The highest BCUT2D eigenvalue weighted by Gasteiger charge is 2.17. The van der Waals surface area contributed by atoms with Crippen molar-refractivity contribution in [1.29, 1.82) is 0 Å². The lowest BCUT2D eigenvalue weighted by atomic mass is 10.1. The maximum absolute atomic E-state index is 12.0. The Hall–Kier alpha value is -2.99. The van der Waals surface area contributed by atoms with E-state index < -0.39 is 5.97 Å². The number of nitrogen functional groups attached to an aromatic ring is 1. The van der Waals surface area contributed by atoms with Crippen LogP contribution >= 0.6 is 11.6 Å². The van der Waals surface area contributed by atoms with E-state index in [1.165, 1.54) is 14.2 Å². The second-order valence-electron chi connectivity index (χ2n) is 5.16. The molecule has 7 heteroatoms. The molecular formula is C18H15ClN2O4. The second kappa shape index (κ2) is 6.86. The molecule has 6 nitrogen and oxygen atoms in total. The number of fused-ring (bicyclic) bond motifs is 1. The van der Waals surface area contributed by atoms with E-state index in [0.717, 1.165) is 0 Å². The lowest BCUT2D eigenvalue weighted by Crippen LogP contribution is -2.04. The summed E-state index contributed by atoms with van der Waals surface area (Å²) in [5.41, 5.74) is 7.07. The third-order valence-corrected chi connectivity index (χ3v) is 3.96. The highest BCUT2D eigenvalue weighted by Crippen LogP contribution is 2.34. The summed E-state index contributed by atoms with van der Waals surface area (Å²) < 4.78 is 16.0. The van der Waals surface area contributed by atoms with Crippen LogP contribution in [0.25, 0.3) is 10.9 Å². The van der Waals surface area contributed by atoms with Gasteiger partial charge in [0.25, 0.3) is 0 Å². The number of carbonyl (C=O) groups excluding carboxylic acids is 1. The highest BCUT2D eigenvalue weighted by molar-refractivity contribution is 6.33. The van der Waals surface area contributed by atoms with Gasteiger partial charge in [-0.2, -0.15) is 0 Å². The number of pyridine rings is 1. The Morgan fingerprint density at radius 3 is 2.60 bits per heavy atom. The van der Waals surface area contributed by atoms with Gasteiger partial charge < -0.3 is 19.9 Å². The lowest BCUT2D eigenvalue weighted by molar-refractivity contribution is 0.0597. The summed E-state index contributed by atoms with van der Waals surface area (Å²) in [4.78, 5) is 16.3. The lowest BCUT2D eigenvalue weighted by Gasteiger charge is -2.12. The van der Waals surface area contributed by atoms with E-state index in [0.29, 0.717) is 38.9 Å². The first-order valence-electron chi connectivity index (χ1n) is 7.31. The van der Waals surface area contributed by atoms with Gasteiger partial charge >= 0.3 is 5.97 Å². The van der Waals surface area contributed by atoms with Crippen molar-refractivity contribution in [1.82, 2.24) is 4.98 Å². The first-order chi connectivity index (χ1) is 12.0. The molecule has 0 amide bonds. The number of benzene rings is 2. The molecule has 2 aromatic carbocycles. The summed E-state index contributed by atoms with van der Waals surface area (Å²) in [6.07, 6.45) is 1.60. The van der Waals surface area contributed by atoms with Gasteiger partial charge in [-0.25, -0.2) is 4.79 Å². The minimum atomic E-state index is -0.510. The number of hydrogen-bond acceptors (Lipinski definition) is 6. The van der Waals surface area contributed by atoms with E-state index in [4.69, 9.17) is 31.5 Å². The molecule has 2 N–H and O–H groups in total. The number of hydrogen-bond donors (Lipinski definition) is 1. The predicted molar refractivity (Wildman–Crippen MR) is 95.6 cm³/mol. The van der Waals surface area contributed by atoms with Crippen LogP contribution in [-0.2, 0) is 4.74 Å². The van der Waals surface area contributed by atoms with Crippen LogP contribution in [0.5, 0.6) is 17.2 Å². The smallest absolute Gasteiger partial charge is 0.341 e. The fourth-order valence-electron chi connectivity index (χ4n) is 2.37. The zero-order valence-corrected chi connectivity index (χ0v) is 14.3.